The van der Waals surface area contributed by atoms with E-state index in [2.05, 4.69) is 48.5 Å². The maximum atomic E-state index is 5.65. The van der Waals surface area contributed by atoms with Crippen molar-refractivity contribution in [1.82, 2.24) is 0 Å². The molecule has 82 valence electrons. The Balaban J connectivity index is 2.04. The van der Waals surface area contributed by atoms with Crippen molar-refractivity contribution in [3.63, 3.8) is 0 Å². The quantitative estimate of drug-likeness (QED) is 0.665. The van der Waals surface area contributed by atoms with Gasteiger partial charge in [-0.3, -0.25) is 4.90 Å². The van der Waals surface area contributed by atoms with E-state index >= 15 is 0 Å². The highest BCUT2D eigenvalue weighted by Crippen LogP contribution is 2.39. The Kier molecular flexibility index (Phi) is 2.34. The van der Waals surface area contributed by atoms with Crippen LogP contribution in [0.2, 0.25) is 0 Å². The molecule has 0 saturated heterocycles. The summed E-state index contributed by atoms with van der Waals surface area (Å²) < 4.78 is 0. The van der Waals surface area contributed by atoms with E-state index in [9.17, 15) is 0 Å². The van der Waals surface area contributed by atoms with Crippen LogP contribution in [-0.4, -0.2) is 0 Å². The molecule has 1 aliphatic heterocycles. The second-order valence-corrected chi connectivity index (χ2v) is 4.26. The molecular formula is C16H13N. The highest BCUT2D eigenvalue weighted by Gasteiger charge is 2.28. The minimum Gasteiger partial charge on any atom is -0.294 e. The van der Waals surface area contributed by atoms with Crippen LogP contribution in [0.4, 0.5) is 5.69 Å². The summed E-state index contributed by atoms with van der Waals surface area (Å²) in [7, 11) is 0. The summed E-state index contributed by atoms with van der Waals surface area (Å²) in [6.45, 7) is 0. The lowest BCUT2D eigenvalue weighted by atomic mass is 10.0. The fourth-order valence-corrected chi connectivity index (χ4v) is 2.49. The van der Waals surface area contributed by atoms with Crippen molar-refractivity contribution in [2.24, 2.45) is 0 Å². The minimum absolute atomic E-state index is 0.276. The molecule has 1 atom stereocenters. The molecule has 1 heterocycles. The molecule has 0 radical (unpaired) electrons. The van der Waals surface area contributed by atoms with Crippen LogP contribution in [-0.2, 0) is 6.42 Å². The van der Waals surface area contributed by atoms with E-state index < -0.39 is 0 Å². The van der Waals surface area contributed by atoms with E-state index in [0.717, 1.165) is 6.42 Å². The first-order valence-electron chi connectivity index (χ1n) is 5.78. The standard InChI is InChI=1S/C16H13N/c1-2-17-15-11-7-6-10-14(15)12-16(17)13-8-4-3-5-9-13/h1,3-11,16H,12H2. The Morgan fingerprint density at radius 1 is 1.00 bits per heavy atom. The molecule has 0 saturated carbocycles. The van der Waals surface area contributed by atoms with Crippen molar-refractivity contribution >= 4 is 5.69 Å². The number of nitrogens with zero attached hydrogens (tertiary/aromatic N) is 1. The molecule has 1 nitrogen and oxygen atoms in total. The summed E-state index contributed by atoms with van der Waals surface area (Å²) in [6.07, 6.45) is 6.64. The van der Waals surface area contributed by atoms with Gasteiger partial charge in [0.25, 0.3) is 0 Å². The molecule has 1 unspecified atom stereocenters. The van der Waals surface area contributed by atoms with Gasteiger partial charge in [0.2, 0.25) is 0 Å². The number of rotatable bonds is 1. The lowest BCUT2D eigenvalue weighted by Crippen LogP contribution is -2.18. The molecule has 2 aromatic carbocycles. The molecular weight excluding hydrogens is 206 g/mol. The molecule has 3 rings (SSSR count). The number of fused-ring (bicyclic) bond motifs is 1. The maximum absolute atomic E-state index is 5.65. The second-order valence-electron chi connectivity index (χ2n) is 4.26. The summed E-state index contributed by atoms with van der Waals surface area (Å²) in [5, 5.41) is 0. The van der Waals surface area contributed by atoms with E-state index in [1.165, 1.54) is 16.8 Å². The molecule has 17 heavy (non-hydrogen) atoms. The van der Waals surface area contributed by atoms with E-state index in [1.54, 1.807) is 0 Å². The predicted molar refractivity (Wildman–Crippen MR) is 70.6 cm³/mol. The first kappa shape index (κ1) is 9.99. The van der Waals surface area contributed by atoms with Crippen molar-refractivity contribution in [2.45, 2.75) is 12.5 Å². The van der Waals surface area contributed by atoms with Crippen LogP contribution in [0.15, 0.2) is 54.6 Å². The number of anilines is 1. The molecule has 0 amide bonds. The van der Waals surface area contributed by atoms with Gasteiger partial charge in [-0.25, -0.2) is 0 Å². The van der Waals surface area contributed by atoms with Gasteiger partial charge in [0, 0.05) is 12.5 Å². The van der Waals surface area contributed by atoms with Gasteiger partial charge in [-0.05, 0) is 17.2 Å². The third-order valence-electron chi connectivity index (χ3n) is 3.30. The molecule has 0 aliphatic carbocycles. The van der Waals surface area contributed by atoms with Gasteiger partial charge < -0.3 is 0 Å². The van der Waals surface area contributed by atoms with Crippen molar-refractivity contribution in [2.75, 3.05) is 4.90 Å². The average Bonchev–Trinajstić information content (AvgIpc) is 2.78. The number of terminal acetylenes is 1. The SMILES string of the molecule is C#CN1c2ccccc2CC1c1ccccc1. The van der Waals surface area contributed by atoms with Gasteiger partial charge in [-0.1, -0.05) is 55.0 Å². The van der Waals surface area contributed by atoms with Gasteiger partial charge in [0.1, 0.15) is 0 Å². The highest BCUT2D eigenvalue weighted by molar-refractivity contribution is 5.64. The Hall–Kier alpha value is -2.20. The minimum atomic E-state index is 0.276. The van der Waals surface area contributed by atoms with Crippen molar-refractivity contribution < 1.29 is 0 Å². The molecule has 1 heteroatoms. The van der Waals surface area contributed by atoms with Crippen LogP contribution in [0, 0.1) is 12.5 Å². The summed E-state index contributed by atoms with van der Waals surface area (Å²) >= 11 is 0. The topological polar surface area (TPSA) is 3.24 Å². The summed E-state index contributed by atoms with van der Waals surface area (Å²) in [5.74, 6) is 0. The molecule has 0 fully saturated rings. The third-order valence-corrected chi connectivity index (χ3v) is 3.30. The largest absolute Gasteiger partial charge is 0.294 e. The van der Waals surface area contributed by atoms with E-state index in [1.807, 2.05) is 17.0 Å². The predicted octanol–water partition coefficient (Wildman–Crippen LogP) is 3.38. The maximum Gasteiger partial charge on any atom is 0.0716 e. The van der Waals surface area contributed by atoms with Gasteiger partial charge >= 0.3 is 0 Å². The Morgan fingerprint density at radius 3 is 2.47 bits per heavy atom. The average molecular weight is 219 g/mol. The van der Waals surface area contributed by atoms with Crippen LogP contribution in [0.25, 0.3) is 0 Å². The lowest BCUT2D eigenvalue weighted by molar-refractivity contribution is 0.750. The fourth-order valence-electron chi connectivity index (χ4n) is 2.49. The van der Waals surface area contributed by atoms with E-state index in [4.69, 9.17) is 6.42 Å². The third kappa shape index (κ3) is 1.59. The molecule has 0 spiro atoms. The second kappa shape index (κ2) is 3.99. The van der Waals surface area contributed by atoms with Crippen molar-refractivity contribution in [3.8, 4) is 12.5 Å². The number of hydrogen-bond acceptors (Lipinski definition) is 1. The van der Waals surface area contributed by atoms with Gasteiger partial charge in [0.05, 0.1) is 11.7 Å². The van der Waals surface area contributed by atoms with Crippen LogP contribution in [0.5, 0.6) is 0 Å². The van der Waals surface area contributed by atoms with Crippen LogP contribution >= 0.6 is 0 Å². The van der Waals surface area contributed by atoms with Crippen molar-refractivity contribution in [3.05, 3.63) is 65.7 Å². The summed E-state index contributed by atoms with van der Waals surface area (Å²) in [5.41, 5.74) is 3.78. The molecule has 0 aromatic heterocycles. The number of hydrogen-bond donors (Lipinski definition) is 0. The molecule has 0 bridgehead atoms. The van der Waals surface area contributed by atoms with Crippen molar-refractivity contribution in [1.29, 1.82) is 0 Å². The Bertz CT molecular complexity index is 566. The zero-order valence-corrected chi connectivity index (χ0v) is 9.51. The lowest BCUT2D eigenvalue weighted by Gasteiger charge is -2.21. The summed E-state index contributed by atoms with van der Waals surface area (Å²) in [4.78, 5) is 2.03. The normalized spacial score (nSPS) is 17.6. The molecule has 1 aliphatic rings. The first-order chi connectivity index (χ1) is 8.40. The Morgan fingerprint density at radius 2 is 1.71 bits per heavy atom. The molecule has 2 aromatic rings. The van der Waals surface area contributed by atoms with E-state index in [-0.39, 0.29) is 6.04 Å². The fraction of sp³-hybridized carbons (Fsp3) is 0.125. The summed E-state index contributed by atoms with van der Waals surface area (Å²) in [6, 6.07) is 21.9. The monoisotopic (exact) mass is 219 g/mol. The Labute approximate surface area is 102 Å². The highest BCUT2D eigenvalue weighted by atomic mass is 15.2. The van der Waals surface area contributed by atoms with E-state index in [0.29, 0.717) is 0 Å². The number of benzene rings is 2. The van der Waals surface area contributed by atoms with Crippen LogP contribution in [0.1, 0.15) is 17.2 Å². The van der Waals surface area contributed by atoms with Gasteiger partial charge in [0.15, 0.2) is 0 Å². The molecule has 0 N–H and O–H groups in total. The van der Waals surface area contributed by atoms with Crippen LogP contribution in [0.3, 0.4) is 0 Å². The van der Waals surface area contributed by atoms with Crippen LogP contribution < -0.4 is 4.90 Å². The van der Waals surface area contributed by atoms with Gasteiger partial charge in [-0.15, -0.1) is 0 Å². The zero-order chi connectivity index (χ0) is 11.7. The first-order valence-corrected chi connectivity index (χ1v) is 5.78. The zero-order valence-electron chi connectivity index (χ0n) is 9.51. The number of para-hydroxylation sites is 1. The smallest absolute Gasteiger partial charge is 0.0716 e. The van der Waals surface area contributed by atoms with Gasteiger partial charge in [-0.2, -0.15) is 0 Å².